The van der Waals surface area contributed by atoms with E-state index in [1.54, 1.807) is 41.5 Å². The van der Waals surface area contributed by atoms with E-state index in [0.29, 0.717) is 72.3 Å². The van der Waals surface area contributed by atoms with Crippen LogP contribution in [0.5, 0.6) is 0 Å². The van der Waals surface area contributed by atoms with Crippen LogP contribution in [0.1, 0.15) is 326 Å². The third-order valence-electron chi connectivity index (χ3n) is 17.0. The second kappa shape index (κ2) is 69.2. The summed E-state index contributed by atoms with van der Waals surface area (Å²) in [5.41, 5.74) is -1.64. The molecule has 0 aromatic carbocycles. The van der Waals surface area contributed by atoms with Crippen molar-refractivity contribution in [2.45, 2.75) is 356 Å². The van der Waals surface area contributed by atoms with Gasteiger partial charge in [-0.3, -0.25) is 29.0 Å². The maximum atomic E-state index is 13.0. The smallest absolute Gasteiger partial charge is 0.410 e. The van der Waals surface area contributed by atoms with Crippen LogP contribution in [0, 0.1) is 0 Å². The standard InChI is InChI=1S/C80H152N2O19/c1-12-16-20-24-30-38-46-70(47-39-31-25-21-17-13-2)98-73(83)50-42-34-28-36-44-54-93-68-72(95-55-45-37-29-35-43-51-74(84)99-71(48-40-32-26-22-18-14-3)49-41-33-27-23-19-15-4)69-94-63-62-91-59-58-90-60-61-92-64-65-97-76(86)67-82(78(88)101-80(8,9)10)53-57-96-75(85)66-81(52-56-89-11)77(87)100-79(5,6)7/h70-72H,12-69H2,1-11H3. The monoisotopic (exact) mass is 1450 g/mol. The number of hydrogen-bond donors (Lipinski definition) is 0. The molecule has 596 valence electrons. The number of nitrogens with zero attached hydrogens (tertiary/aromatic N) is 2. The van der Waals surface area contributed by atoms with Crippen LogP contribution < -0.4 is 0 Å². The van der Waals surface area contributed by atoms with Crippen molar-refractivity contribution in [1.82, 2.24) is 9.80 Å². The zero-order valence-corrected chi connectivity index (χ0v) is 66.4. The van der Waals surface area contributed by atoms with Gasteiger partial charge in [0.15, 0.2) is 0 Å². The van der Waals surface area contributed by atoms with Crippen LogP contribution >= 0.6 is 0 Å². The lowest BCUT2D eigenvalue weighted by Gasteiger charge is -2.27. The first kappa shape index (κ1) is 97.1. The van der Waals surface area contributed by atoms with E-state index in [2.05, 4.69) is 27.7 Å². The van der Waals surface area contributed by atoms with Gasteiger partial charge in [-0.2, -0.15) is 0 Å². The zero-order chi connectivity index (χ0) is 74.6. The van der Waals surface area contributed by atoms with E-state index in [1.165, 1.54) is 140 Å². The second-order valence-corrected chi connectivity index (χ2v) is 29.2. The van der Waals surface area contributed by atoms with E-state index in [4.69, 9.17) is 61.6 Å². The van der Waals surface area contributed by atoms with Crippen LogP contribution in [-0.2, 0) is 80.8 Å². The summed E-state index contributed by atoms with van der Waals surface area (Å²) in [5.74, 6) is -1.53. The number of hydrogen-bond acceptors (Lipinski definition) is 19. The molecular weight excluding hydrogens is 1290 g/mol. The summed E-state index contributed by atoms with van der Waals surface area (Å²) in [6.07, 6.45) is 42.8. The molecule has 0 aliphatic carbocycles. The highest BCUT2D eigenvalue weighted by atomic mass is 16.6. The van der Waals surface area contributed by atoms with E-state index in [1.807, 2.05) is 0 Å². The SMILES string of the molecule is CCCCCCCCC(CCCCCCCC)OC(=O)CCCCCCCOCC(COCCOCCOCCOCCOC(=O)CN(CCOC(=O)CN(CCOC)C(=O)OC(C)(C)C)C(=O)OC(C)(C)C)OCCCCCCCC(=O)OC(CCCCCCCC)CCCCCCCC. The Morgan fingerprint density at radius 2 is 0.614 bits per heavy atom. The van der Waals surface area contributed by atoms with Crippen LogP contribution in [0.15, 0.2) is 0 Å². The molecule has 2 amide bonds. The van der Waals surface area contributed by atoms with E-state index in [9.17, 15) is 28.8 Å². The first-order valence-corrected chi connectivity index (χ1v) is 40.4. The van der Waals surface area contributed by atoms with Gasteiger partial charge < -0.3 is 61.6 Å². The van der Waals surface area contributed by atoms with Crippen molar-refractivity contribution in [2.24, 2.45) is 0 Å². The number of rotatable bonds is 73. The van der Waals surface area contributed by atoms with Crippen LogP contribution in [0.3, 0.4) is 0 Å². The molecule has 0 bridgehead atoms. The van der Waals surface area contributed by atoms with E-state index < -0.39 is 48.4 Å². The average molecular weight is 1450 g/mol. The summed E-state index contributed by atoms with van der Waals surface area (Å²) >= 11 is 0. The number of carbonyl (C=O) groups excluding carboxylic acids is 6. The molecule has 0 aromatic heterocycles. The Morgan fingerprint density at radius 1 is 0.307 bits per heavy atom. The largest absolute Gasteiger partial charge is 0.462 e. The summed E-state index contributed by atoms with van der Waals surface area (Å²) in [7, 11) is 1.47. The lowest BCUT2D eigenvalue weighted by atomic mass is 10.0. The zero-order valence-electron chi connectivity index (χ0n) is 66.4. The summed E-state index contributed by atoms with van der Waals surface area (Å²) < 4.78 is 74.3. The number of ether oxygens (including phenoxy) is 13. The van der Waals surface area contributed by atoms with Crippen molar-refractivity contribution in [2.75, 3.05) is 126 Å². The maximum Gasteiger partial charge on any atom is 0.410 e. The van der Waals surface area contributed by atoms with Crippen LogP contribution in [0.2, 0.25) is 0 Å². The Hall–Kier alpha value is -3.86. The summed E-state index contributed by atoms with van der Waals surface area (Å²) in [6.45, 7) is 22.2. The van der Waals surface area contributed by atoms with E-state index in [0.717, 1.165) is 120 Å². The molecule has 0 spiro atoms. The molecule has 101 heavy (non-hydrogen) atoms. The Kier molecular flexibility index (Phi) is 66.6. The van der Waals surface area contributed by atoms with E-state index >= 15 is 0 Å². The van der Waals surface area contributed by atoms with Gasteiger partial charge in [0.1, 0.15) is 55.8 Å². The average Bonchev–Trinajstić information content (AvgIpc) is 0.989. The number of carbonyl (C=O) groups is 6. The predicted octanol–water partition coefficient (Wildman–Crippen LogP) is 18.2. The fourth-order valence-electron chi connectivity index (χ4n) is 11.2. The first-order chi connectivity index (χ1) is 48.8. The molecule has 21 nitrogen and oxygen atoms in total. The van der Waals surface area contributed by atoms with Crippen molar-refractivity contribution in [3.05, 3.63) is 0 Å². The fourth-order valence-corrected chi connectivity index (χ4v) is 11.2. The van der Waals surface area contributed by atoms with Crippen molar-refractivity contribution in [3.63, 3.8) is 0 Å². The van der Waals surface area contributed by atoms with Gasteiger partial charge in [0.2, 0.25) is 0 Å². The van der Waals surface area contributed by atoms with Crippen molar-refractivity contribution >= 4 is 36.1 Å². The Morgan fingerprint density at radius 3 is 0.990 bits per heavy atom. The van der Waals surface area contributed by atoms with Gasteiger partial charge in [0.05, 0.1) is 72.6 Å². The topological polar surface area (TPSA) is 229 Å². The first-order valence-electron chi connectivity index (χ1n) is 40.4. The molecule has 0 saturated heterocycles. The molecule has 0 rings (SSSR count). The summed E-state index contributed by atoms with van der Waals surface area (Å²) in [6, 6.07) is 0. The van der Waals surface area contributed by atoms with Crippen LogP contribution in [0.25, 0.3) is 0 Å². The molecule has 0 aliphatic rings. The molecular formula is C80H152N2O19. The Balaban J connectivity index is 5.00. The van der Waals surface area contributed by atoms with Gasteiger partial charge in [-0.05, 0) is 119 Å². The van der Waals surface area contributed by atoms with Crippen LogP contribution in [0.4, 0.5) is 9.59 Å². The lowest BCUT2D eigenvalue weighted by Crippen LogP contribution is -2.43. The van der Waals surface area contributed by atoms with Crippen molar-refractivity contribution in [1.29, 1.82) is 0 Å². The van der Waals surface area contributed by atoms with Crippen LogP contribution in [-0.4, -0.2) is 201 Å². The van der Waals surface area contributed by atoms with Gasteiger partial charge in [-0.25, -0.2) is 9.59 Å². The second-order valence-electron chi connectivity index (χ2n) is 29.2. The number of esters is 4. The number of unbranched alkanes of at least 4 members (excludes halogenated alkanes) is 28. The molecule has 0 heterocycles. The predicted molar refractivity (Wildman–Crippen MR) is 400 cm³/mol. The minimum absolute atomic E-state index is 0.0360. The molecule has 0 aliphatic heterocycles. The summed E-state index contributed by atoms with van der Waals surface area (Å²) in [5, 5.41) is 0. The molecule has 21 heteroatoms. The highest BCUT2D eigenvalue weighted by Crippen LogP contribution is 2.22. The van der Waals surface area contributed by atoms with E-state index in [-0.39, 0.29) is 76.4 Å². The molecule has 0 radical (unpaired) electrons. The molecule has 1 unspecified atom stereocenters. The quantitative estimate of drug-likeness (QED) is 0.0313. The molecule has 0 fully saturated rings. The lowest BCUT2D eigenvalue weighted by molar-refractivity contribution is -0.151. The molecule has 0 aromatic rings. The number of methoxy groups -OCH3 is 1. The van der Waals surface area contributed by atoms with Gasteiger partial charge in [0, 0.05) is 39.7 Å². The molecule has 1 atom stereocenters. The maximum absolute atomic E-state index is 13.0. The Bertz CT molecular complexity index is 1900. The normalized spacial score (nSPS) is 12.1. The third-order valence-corrected chi connectivity index (χ3v) is 17.0. The minimum atomic E-state index is -0.860. The highest BCUT2D eigenvalue weighted by Gasteiger charge is 2.28. The van der Waals surface area contributed by atoms with Gasteiger partial charge in [-0.15, -0.1) is 0 Å². The highest BCUT2D eigenvalue weighted by molar-refractivity contribution is 5.79. The van der Waals surface area contributed by atoms with Crippen molar-refractivity contribution < 1.29 is 90.3 Å². The van der Waals surface area contributed by atoms with Gasteiger partial charge in [0.25, 0.3) is 0 Å². The fraction of sp³-hybridized carbons (Fsp3) is 0.925. The van der Waals surface area contributed by atoms with Gasteiger partial charge in [-0.1, -0.05) is 195 Å². The summed E-state index contributed by atoms with van der Waals surface area (Å²) in [4.78, 5) is 79.4. The third kappa shape index (κ3) is 67.8. The molecule has 0 N–H and O–H groups in total. The van der Waals surface area contributed by atoms with Gasteiger partial charge >= 0.3 is 36.1 Å². The Labute approximate surface area is 615 Å². The molecule has 0 saturated carbocycles. The minimum Gasteiger partial charge on any atom is -0.462 e. The van der Waals surface area contributed by atoms with Crippen molar-refractivity contribution in [3.8, 4) is 0 Å². The number of amides is 2.